The molecule has 1 aromatic carbocycles. The van der Waals surface area contributed by atoms with Crippen LogP contribution in [0, 0.1) is 0 Å². The Kier molecular flexibility index (Phi) is 2.29. The fourth-order valence-electron chi connectivity index (χ4n) is 3.08. The van der Waals surface area contributed by atoms with Gasteiger partial charge in [-0.2, -0.15) is 4.99 Å². The third kappa shape index (κ3) is 1.46. The van der Waals surface area contributed by atoms with Crippen molar-refractivity contribution in [3.63, 3.8) is 0 Å². The summed E-state index contributed by atoms with van der Waals surface area (Å²) < 4.78 is 0. The number of fused-ring (bicyclic) bond motifs is 3. The zero-order valence-corrected chi connectivity index (χ0v) is 10.9. The van der Waals surface area contributed by atoms with E-state index in [-0.39, 0.29) is 5.54 Å². The predicted octanol–water partition coefficient (Wildman–Crippen LogP) is 3.43. The topological polar surface area (TPSA) is 58.1 Å². The van der Waals surface area contributed by atoms with Crippen molar-refractivity contribution in [3.05, 3.63) is 42.1 Å². The van der Waals surface area contributed by atoms with Crippen LogP contribution in [0.4, 0.5) is 0 Å². The van der Waals surface area contributed by atoms with E-state index in [1.54, 1.807) is 12.3 Å². The molecule has 0 bridgehead atoms. The van der Waals surface area contributed by atoms with E-state index < -0.39 is 0 Å². The molecule has 2 aromatic heterocycles. The predicted molar refractivity (Wildman–Crippen MR) is 77.3 cm³/mol. The van der Waals surface area contributed by atoms with E-state index in [1.807, 2.05) is 12.1 Å². The molecule has 0 atom stereocenters. The highest BCUT2D eigenvalue weighted by atomic mass is 16.1. The molecular weight excluding hydrogens is 250 g/mol. The van der Waals surface area contributed by atoms with Crippen molar-refractivity contribution >= 4 is 28.0 Å². The van der Waals surface area contributed by atoms with Crippen LogP contribution in [-0.4, -0.2) is 16.0 Å². The van der Waals surface area contributed by atoms with E-state index in [1.165, 1.54) is 0 Å². The maximum absolute atomic E-state index is 10.7. The van der Waals surface area contributed by atoms with Crippen molar-refractivity contribution in [2.24, 2.45) is 4.99 Å². The molecule has 0 aliphatic heterocycles. The van der Waals surface area contributed by atoms with E-state index in [0.29, 0.717) is 0 Å². The molecule has 1 aliphatic rings. The van der Waals surface area contributed by atoms with Gasteiger partial charge in [-0.15, -0.1) is 0 Å². The van der Waals surface area contributed by atoms with E-state index in [2.05, 4.69) is 33.2 Å². The fraction of sp³-hybridized carbons (Fsp3) is 0.250. The first-order valence-electron chi connectivity index (χ1n) is 6.78. The molecule has 0 radical (unpaired) electrons. The van der Waals surface area contributed by atoms with Crippen LogP contribution in [0.25, 0.3) is 21.9 Å². The Morgan fingerprint density at radius 1 is 1.25 bits per heavy atom. The number of nitrogens with zero attached hydrogens (tertiary/aromatic N) is 2. The molecule has 2 heterocycles. The van der Waals surface area contributed by atoms with Gasteiger partial charge >= 0.3 is 0 Å². The lowest BCUT2D eigenvalue weighted by Crippen LogP contribution is -2.31. The average molecular weight is 263 g/mol. The molecule has 0 saturated heterocycles. The number of benzene rings is 1. The van der Waals surface area contributed by atoms with Gasteiger partial charge in [0.25, 0.3) is 0 Å². The quantitative estimate of drug-likeness (QED) is 0.568. The summed E-state index contributed by atoms with van der Waals surface area (Å²) in [4.78, 5) is 22.4. The zero-order valence-electron chi connectivity index (χ0n) is 10.9. The van der Waals surface area contributed by atoms with Gasteiger partial charge in [0.2, 0.25) is 6.08 Å². The number of pyridine rings is 1. The Labute approximate surface area is 115 Å². The zero-order chi connectivity index (χ0) is 13.6. The minimum atomic E-state index is -0.345. The molecule has 4 nitrogen and oxygen atoms in total. The standard InChI is InChI=1S/C16H13N3O/c20-10-18-16(6-2-7-16)11-4-5-14-13(9-11)12-3-1-8-17-15(12)19-14/h1,3-5,8-9H,2,6-7H2,(H,17,19). The number of nitrogens with one attached hydrogen (secondary N) is 1. The Hall–Kier alpha value is -2.45. The summed E-state index contributed by atoms with van der Waals surface area (Å²) in [6.45, 7) is 0. The second-order valence-corrected chi connectivity index (χ2v) is 5.37. The van der Waals surface area contributed by atoms with Gasteiger partial charge in [0.05, 0.1) is 5.54 Å². The number of isocyanates is 1. The van der Waals surface area contributed by atoms with Crippen LogP contribution in [0.15, 0.2) is 41.5 Å². The minimum absolute atomic E-state index is 0.345. The molecule has 98 valence electrons. The van der Waals surface area contributed by atoms with Crippen molar-refractivity contribution < 1.29 is 4.79 Å². The number of aromatic amines is 1. The number of hydrogen-bond acceptors (Lipinski definition) is 3. The third-order valence-electron chi connectivity index (χ3n) is 4.35. The third-order valence-corrected chi connectivity index (χ3v) is 4.35. The van der Waals surface area contributed by atoms with Crippen molar-refractivity contribution in [2.45, 2.75) is 24.8 Å². The number of H-pyrrole nitrogens is 1. The molecule has 0 unspecified atom stereocenters. The highest BCUT2D eigenvalue weighted by Crippen LogP contribution is 2.45. The van der Waals surface area contributed by atoms with Gasteiger partial charge in [-0.25, -0.2) is 9.78 Å². The van der Waals surface area contributed by atoms with Crippen LogP contribution in [0.1, 0.15) is 24.8 Å². The molecule has 3 aromatic rings. The van der Waals surface area contributed by atoms with E-state index >= 15 is 0 Å². The molecule has 4 rings (SSSR count). The second kappa shape index (κ2) is 4.02. The first-order chi connectivity index (χ1) is 9.82. The van der Waals surface area contributed by atoms with E-state index in [9.17, 15) is 4.79 Å². The smallest absolute Gasteiger partial charge is 0.235 e. The van der Waals surface area contributed by atoms with Crippen LogP contribution in [0.5, 0.6) is 0 Å². The molecule has 1 N–H and O–H groups in total. The lowest BCUT2D eigenvalue weighted by atomic mass is 9.72. The molecule has 1 saturated carbocycles. The lowest BCUT2D eigenvalue weighted by Gasteiger charge is -2.37. The lowest BCUT2D eigenvalue weighted by molar-refractivity contribution is 0.256. The molecule has 1 fully saturated rings. The summed E-state index contributed by atoms with van der Waals surface area (Å²) in [5.41, 5.74) is 2.71. The second-order valence-electron chi connectivity index (χ2n) is 5.37. The highest BCUT2D eigenvalue weighted by molar-refractivity contribution is 6.06. The molecule has 20 heavy (non-hydrogen) atoms. The normalized spacial score (nSPS) is 16.8. The molecule has 1 aliphatic carbocycles. The fourth-order valence-corrected chi connectivity index (χ4v) is 3.08. The summed E-state index contributed by atoms with van der Waals surface area (Å²) in [5, 5.41) is 2.24. The van der Waals surface area contributed by atoms with Gasteiger partial charge in [0, 0.05) is 22.5 Å². The Morgan fingerprint density at radius 2 is 2.15 bits per heavy atom. The van der Waals surface area contributed by atoms with E-state index in [4.69, 9.17) is 0 Å². The van der Waals surface area contributed by atoms with Crippen molar-refractivity contribution in [2.75, 3.05) is 0 Å². The molecule has 0 amide bonds. The van der Waals surface area contributed by atoms with Crippen LogP contribution >= 0.6 is 0 Å². The van der Waals surface area contributed by atoms with Crippen LogP contribution in [0.3, 0.4) is 0 Å². The largest absolute Gasteiger partial charge is 0.339 e. The van der Waals surface area contributed by atoms with Gasteiger partial charge in [0.15, 0.2) is 0 Å². The SMILES string of the molecule is O=C=NC1(c2ccc3[nH]c4ncccc4c3c2)CCC1. The summed E-state index contributed by atoms with van der Waals surface area (Å²) in [5.74, 6) is 0. The van der Waals surface area contributed by atoms with Gasteiger partial charge in [-0.1, -0.05) is 6.07 Å². The van der Waals surface area contributed by atoms with Gasteiger partial charge in [-0.05, 0) is 49.1 Å². The summed E-state index contributed by atoms with van der Waals surface area (Å²) in [7, 11) is 0. The molecular formula is C16H13N3O. The van der Waals surface area contributed by atoms with Crippen LogP contribution in [0.2, 0.25) is 0 Å². The Balaban J connectivity index is 1.98. The van der Waals surface area contributed by atoms with Gasteiger partial charge in [0.1, 0.15) is 5.65 Å². The number of aliphatic imine (C=N–C) groups is 1. The van der Waals surface area contributed by atoms with Gasteiger partial charge in [-0.3, -0.25) is 0 Å². The monoisotopic (exact) mass is 263 g/mol. The number of aromatic nitrogens is 2. The van der Waals surface area contributed by atoms with Gasteiger partial charge < -0.3 is 4.98 Å². The average Bonchev–Trinajstić information content (AvgIpc) is 2.80. The summed E-state index contributed by atoms with van der Waals surface area (Å²) >= 11 is 0. The minimum Gasteiger partial charge on any atom is -0.339 e. The molecule has 0 spiro atoms. The maximum atomic E-state index is 10.7. The number of hydrogen-bond donors (Lipinski definition) is 1. The van der Waals surface area contributed by atoms with Crippen molar-refractivity contribution in [1.29, 1.82) is 0 Å². The highest BCUT2D eigenvalue weighted by Gasteiger charge is 2.39. The Bertz CT molecular complexity index is 854. The van der Waals surface area contributed by atoms with Crippen LogP contribution in [-0.2, 0) is 10.3 Å². The first kappa shape index (κ1) is 11.4. The number of carbonyl (C=O) groups excluding carboxylic acids is 1. The van der Waals surface area contributed by atoms with Crippen LogP contribution < -0.4 is 0 Å². The molecule has 4 heteroatoms. The number of rotatable bonds is 2. The summed E-state index contributed by atoms with van der Waals surface area (Å²) in [6.07, 6.45) is 6.48. The Morgan fingerprint density at radius 3 is 2.90 bits per heavy atom. The first-order valence-corrected chi connectivity index (χ1v) is 6.78. The van der Waals surface area contributed by atoms with Crippen molar-refractivity contribution in [3.8, 4) is 0 Å². The maximum Gasteiger partial charge on any atom is 0.235 e. The van der Waals surface area contributed by atoms with E-state index in [0.717, 1.165) is 46.8 Å². The van der Waals surface area contributed by atoms with Crippen molar-refractivity contribution in [1.82, 2.24) is 9.97 Å². The summed E-state index contributed by atoms with van der Waals surface area (Å²) in [6, 6.07) is 10.2.